The number of rotatable bonds is 6. The van der Waals surface area contributed by atoms with Crippen LogP contribution in [0.5, 0.6) is 0 Å². The molecule has 2 fully saturated rings. The maximum atomic E-state index is 5.69. The Morgan fingerprint density at radius 3 is 2.78 bits per heavy atom. The quantitative estimate of drug-likeness (QED) is 0.787. The summed E-state index contributed by atoms with van der Waals surface area (Å²) in [6.07, 6.45) is 7.03. The van der Waals surface area contributed by atoms with Crippen LogP contribution >= 0.6 is 0 Å². The van der Waals surface area contributed by atoms with E-state index in [1.165, 1.54) is 45.2 Å². The second-order valence-electron chi connectivity index (χ2n) is 6.12. The van der Waals surface area contributed by atoms with Crippen LogP contribution < -0.4 is 5.32 Å². The summed E-state index contributed by atoms with van der Waals surface area (Å²) in [5.41, 5.74) is 0. The Bertz CT molecular complexity index is 247. The van der Waals surface area contributed by atoms with Crippen LogP contribution in [0.1, 0.15) is 46.0 Å². The molecule has 3 nitrogen and oxygen atoms in total. The van der Waals surface area contributed by atoms with Crippen molar-refractivity contribution in [2.24, 2.45) is 5.92 Å². The molecule has 3 heteroatoms. The molecule has 4 unspecified atom stereocenters. The standard InChI is InChI=1S/C15H30N2O/c1-4-9-16-14-7-5-6-13(14)11-17(3)15-8-10-18-12(15)2/h12-16H,4-11H2,1-3H3. The van der Waals surface area contributed by atoms with Crippen LogP contribution in [0.2, 0.25) is 0 Å². The third-order valence-corrected chi connectivity index (χ3v) is 4.74. The topological polar surface area (TPSA) is 24.5 Å². The molecule has 0 aromatic carbocycles. The van der Waals surface area contributed by atoms with Crippen molar-refractivity contribution < 1.29 is 4.74 Å². The summed E-state index contributed by atoms with van der Waals surface area (Å²) >= 11 is 0. The smallest absolute Gasteiger partial charge is 0.0702 e. The second kappa shape index (κ2) is 6.88. The molecule has 0 spiro atoms. The fourth-order valence-electron chi connectivity index (χ4n) is 3.66. The van der Waals surface area contributed by atoms with E-state index in [-0.39, 0.29) is 0 Å². The second-order valence-corrected chi connectivity index (χ2v) is 6.12. The van der Waals surface area contributed by atoms with E-state index in [0.717, 1.165) is 18.6 Å². The Balaban J connectivity index is 1.80. The van der Waals surface area contributed by atoms with Gasteiger partial charge in [0, 0.05) is 25.2 Å². The van der Waals surface area contributed by atoms with Crippen molar-refractivity contribution in [2.75, 3.05) is 26.7 Å². The lowest BCUT2D eigenvalue weighted by Crippen LogP contribution is -2.44. The zero-order valence-corrected chi connectivity index (χ0v) is 12.3. The molecule has 1 aliphatic heterocycles. The number of hydrogen-bond acceptors (Lipinski definition) is 3. The number of hydrogen-bond donors (Lipinski definition) is 1. The van der Waals surface area contributed by atoms with E-state index in [9.17, 15) is 0 Å². The van der Waals surface area contributed by atoms with Crippen LogP contribution in [0.15, 0.2) is 0 Å². The van der Waals surface area contributed by atoms with Crippen molar-refractivity contribution in [3.8, 4) is 0 Å². The minimum absolute atomic E-state index is 0.415. The van der Waals surface area contributed by atoms with E-state index in [4.69, 9.17) is 4.74 Å². The van der Waals surface area contributed by atoms with Gasteiger partial charge in [0.15, 0.2) is 0 Å². The highest BCUT2D eigenvalue weighted by Crippen LogP contribution is 2.28. The summed E-state index contributed by atoms with van der Waals surface area (Å²) < 4.78 is 5.69. The van der Waals surface area contributed by atoms with E-state index < -0.39 is 0 Å². The van der Waals surface area contributed by atoms with Gasteiger partial charge in [0.2, 0.25) is 0 Å². The summed E-state index contributed by atoms with van der Waals surface area (Å²) in [4.78, 5) is 2.55. The molecule has 0 aromatic heterocycles. The average molecular weight is 254 g/mol. The zero-order chi connectivity index (χ0) is 13.0. The van der Waals surface area contributed by atoms with Gasteiger partial charge in [0.1, 0.15) is 0 Å². The maximum absolute atomic E-state index is 5.69. The number of ether oxygens (including phenoxy) is 1. The zero-order valence-electron chi connectivity index (χ0n) is 12.3. The van der Waals surface area contributed by atoms with Gasteiger partial charge in [-0.25, -0.2) is 0 Å². The van der Waals surface area contributed by atoms with Crippen molar-refractivity contribution in [3.05, 3.63) is 0 Å². The lowest BCUT2D eigenvalue weighted by molar-refractivity contribution is 0.0767. The maximum Gasteiger partial charge on any atom is 0.0702 e. The summed E-state index contributed by atoms with van der Waals surface area (Å²) in [6.45, 7) is 7.82. The van der Waals surface area contributed by atoms with Gasteiger partial charge in [-0.05, 0) is 52.1 Å². The molecule has 1 saturated heterocycles. The summed E-state index contributed by atoms with van der Waals surface area (Å²) in [5.74, 6) is 0.842. The molecule has 2 aliphatic rings. The fraction of sp³-hybridized carbons (Fsp3) is 1.00. The van der Waals surface area contributed by atoms with E-state index in [2.05, 4.69) is 31.1 Å². The van der Waals surface area contributed by atoms with Gasteiger partial charge in [-0.1, -0.05) is 13.3 Å². The molecule has 0 bridgehead atoms. The Morgan fingerprint density at radius 1 is 1.28 bits per heavy atom. The van der Waals surface area contributed by atoms with Crippen molar-refractivity contribution >= 4 is 0 Å². The molecule has 4 atom stereocenters. The Hall–Kier alpha value is -0.120. The predicted molar refractivity (Wildman–Crippen MR) is 75.9 cm³/mol. The van der Waals surface area contributed by atoms with E-state index >= 15 is 0 Å². The first kappa shape index (κ1) is 14.3. The monoisotopic (exact) mass is 254 g/mol. The normalized spacial score (nSPS) is 36.7. The largest absolute Gasteiger partial charge is 0.377 e. The van der Waals surface area contributed by atoms with Crippen LogP contribution in [-0.2, 0) is 4.74 Å². The third kappa shape index (κ3) is 3.46. The van der Waals surface area contributed by atoms with E-state index in [0.29, 0.717) is 12.1 Å². The minimum Gasteiger partial charge on any atom is -0.377 e. The van der Waals surface area contributed by atoms with Gasteiger partial charge in [-0.3, -0.25) is 0 Å². The molecular formula is C15H30N2O. The average Bonchev–Trinajstić information content (AvgIpc) is 2.95. The van der Waals surface area contributed by atoms with E-state index in [1.54, 1.807) is 0 Å². The van der Waals surface area contributed by atoms with Crippen LogP contribution in [0.25, 0.3) is 0 Å². The van der Waals surface area contributed by atoms with Crippen molar-refractivity contribution in [1.29, 1.82) is 0 Å². The Kier molecular flexibility index (Phi) is 5.46. The highest BCUT2D eigenvalue weighted by Gasteiger charge is 2.32. The molecular weight excluding hydrogens is 224 g/mol. The molecule has 18 heavy (non-hydrogen) atoms. The first-order valence-electron chi connectivity index (χ1n) is 7.77. The first-order chi connectivity index (χ1) is 8.72. The Labute approximate surface area is 112 Å². The van der Waals surface area contributed by atoms with Crippen LogP contribution in [0.3, 0.4) is 0 Å². The van der Waals surface area contributed by atoms with Crippen molar-refractivity contribution in [2.45, 2.75) is 64.1 Å². The lowest BCUT2D eigenvalue weighted by atomic mass is 10.0. The summed E-state index contributed by atoms with van der Waals surface area (Å²) in [6, 6.07) is 1.39. The Morgan fingerprint density at radius 2 is 2.11 bits per heavy atom. The van der Waals surface area contributed by atoms with Gasteiger partial charge in [-0.2, -0.15) is 0 Å². The van der Waals surface area contributed by atoms with Crippen LogP contribution in [0.4, 0.5) is 0 Å². The van der Waals surface area contributed by atoms with Gasteiger partial charge < -0.3 is 15.0 Å². The molecule has 106 valence electrons. The molecule has 2 rings (SSSR count). The highest BCUT2D eigenvalue weighted by atomic mass is 16.5. The number of nitrogens with zero attached hydrogens (tertiary/aromatic N) is 1. The summed E-state index contributed by atoms with van der Waals surface area (Å²) in [5, 5.41) is 3.73. The van der Waals surface area contributed by atoms with Crippen molar-refractivity contribution in [1.82, 2.24) is 10.2 Å². The SMILES string of the molecule is CCCNC1CCCC1CN(C)C1CCOC1C. The van der Waals surface area contributed by atoms with Crippen LogP contribution in [0, 0.1) is 5.92 Å². The third-order valence-electron chi connectivity index (χ3n) is 4.74. The molecule has 1 N–H and O–H groups in total. The first-order valence-corrected chi connectivity index (χ1v) is 7.77. The molecule has 1 heterocycles. The number of nitrogens with one attached hydrogen (secondary N) is 1. The molecule has 0 amide bonds. The van der Waals surface area contributed by atoms with Gasteiger partial charge in [0.05, 0.1) is 6.10 Å². The van der Waals surface area contributed by atoms with Crippen LogP contribution in [-0.4, -0.2) is 49.8 Å². The van der Waals surface area contributed by atoms with Crippen molar-refractivity contribution in [3.63, 3.8) is 0 Å². The summed E-state index contributed by atoms with van der Waals surface area (Å²) in [7, 11) is 2.28. The molecule has 0 aromatic rings. The number of likely N-dealkylation sites (N-methyl/N-ethyl adjacent to an activating group) is 1. The molecule has 1 saturated carbocycles. The highest BCUT2D eigenvalue weighted by molar-refractivity contribution is 4.88. The van der Waals surface area contributed by atoms with E-state index in [1.807, 2.05) is 0 Å². The fourth-order valence-corrected chi connectivity index (χ4v) is 3.66. The molecule has 1 aliphatic carbocycles. The lowest BCUT2D eigenvalue weighted by Gasteiger charge is -2.31. The van der Waals surface area contributed by atoms with Gasteiger partial charge >= 0.3 is 0 Å². The molecule has 0 radical (unpaired) electrons. The predicted octanol–water partition coefficient (Wildman–Crippen LogP) is 2.26. The minimum atomic E-state index is 0.415. The van der Waals surface area contributed by atoms with Gasteiger partial charge in [-0.15, -0.1) is 0 Å². The van der Waals surface area contributed by atoms with Gasteiger partial charge in [0.25, 0.3) is 0 Å².